The van der Waals surface area contributed by atoms with Gasteiger partial charge in [0.05, 0.1) is 6.61 Å². The van der Waals surface area contributed by atoms with Crippen LogP contribution in [0.2, 0.25) is 0 Å². The molecule has 1 aromatic heterocycles. The molecule has 1 N–H and O–H groups in total. The van der Waals surface area contributed by atoms with Gasteiger partial charge in [0.1, 0.15) is 9.92 Å². The van der Waals surface area contributed by atoms with Crippen molar-refractivity contribution in [1.29, 1.82) is 0 Å². The highest BCUT2D eigenvalue weighted by Crippen LogP contribution is 2.27. The average Bonchev–Trinajstić information content (AvgIpc) is 2.48. The van der Waals surface area contributed by atoms with E-state index in [9.17, 15) is 8.42 Å². The number of benzene rings is 1. The van der Waals surface area contributed by atoms with Crippen LogP contribution in [0.25, 0.3) is 0 Å². The van der Waals surface area contributed by atoms with Gasteiger partial charge in [-0.3, -0.25) is 0 Å². The maximum absolute atomic E-state index is 11.9. The molecule has 0 unspecified atom stereocenters. The van der Waals surface area contributed by atoms with Crippen LogP contribution in [-0.4, -0.2) is 36.9 Å². The van der Waals surface area contributed by atoms with E-state index in [4.69, 9.17) is 5.11 Å². The maximum Gasteiger partial charge on any atom is 0.244 e. The van der Waals surface area contributed by atoms with Crippen LogP contribution in [0, 0.1) is 0 Å². The summed E-state index contributed by atoms with van der Waals surface area (Å²) in [6.45, 7) is 0.0142. The molecule has 5 nitrogen and oxygen atoms in total. The molecule has 0 radical (unpaired) electrons. The quantitative estimate of drug-likeness (QED) is 0.910. The number of hydrogen-bond donors (Lipinski definition) is 1. The normalized spacial score (nSPS) is 11.8. The Kier molecular flexibility index (Phi) is 5.00. The molecule has 0 fully saturated rings. The van der Waals surface area contributed by atoms with Gasteiger partial charge in [-0.1, -0.05) is 23.9 Å². The van der Waals surface area contributed by atoms with Crippen LogP contribution in [0.4, 0.5) is 0 Å². The number of pyridine rings is 1. The summed E-state index contributed by atoms with van der Waals surface area (Å²) in [5, 5.41) is 9.70. The lowest BCUT2D eigenvalue weighted by atomic mass is 10.2. The second-order valence-electron chi connectivity index (χ2n) is 4.52. The third-order valence-corrected chi connectivity index (χ3v) is 5.57. The molecule has 2 rings (SSSR count). The van der Waals surface area contributed by atoms with Gasteiger partial charge in [-0.15, -0.1) is 0 Å². The molecule has 0 saturated heterocycles. The van der Waals surface area contributed by atoms with E-state index in [1.165, 1.54) is 32.1 Å². The second-order valence-corrected chi connectivity index (χ2v) is 7.77. The van der Waals surface area contributed by atoms with Crippen molar-refractivity contribution in [3.05, 3.63) is 48.2 Å². The fourth-order valence-electron chi connectivity index (χ4n) is 1.57. The van der Waals surface area contributed by atoms with E-state index in [1.54, 1.807) is 12.1 Å². The zero-order chi connectivity index (χ0) is 15.5. The molecule has 0 aliphatic rings. The minimum Gasteiger partial charge on any atom is -0.392 e. The third-order valence-electron chi connectivity index (χ3n) is 2.82. The molecule has 0 spiro atoms. The molecule has 0 bridgehead atoms. The minimum atomic E-state index is -3.44. The van der Waals surface area contributed by atoms with Gasteiger partial charge in [0.2, 0.25) is 10.0 Å². The van der Waals surface area contributed by atoms with Gasteiger partial charge in [0, 0.05) is 25.2 Å². The molecule has 21 heavy (non-hydrogen) atoms. The maximum atomic E-state index is 11.9. The van der Waals surface area contributed by atoms with Crippen molar-refractivity contribution in [2.75, 3.05) is 14.1 Å². The highest BCUT2D eigenvalue weighted by Gasteiger charge is 2.17. The zero-order valence-corrected chi connectivity index (χ0v) is 13.4. The number of aliphatic hydroxyl groups excluding tert-OH is 1. The molecule has 0 saturated carbocycles. The van der Waals surface area contributed by atoms with E-state index in [1.807, 2.05) is 24.3 Å². The van der Waals surface area contributed by atoms with Gasteiger partial charge in [0.15, 0.2) is 0 Å². The SMILES string of the molecule is CN(C)S(=O)(=O)c1ccc(Sc2ccc(CO)cc2)nc1. The van der Waals surface area contributed by atoms with Crippen molar-refractivity contribution in [3.63, 3.8) is 0 Å². The van der Waals surface area contributed by atoms with E-state index in [0.29, 0.717) is 5.03 Å². The first-order chi connectivity index (χ1) is 9.93. The van der Waals surface area contributed by atoms with Crippen molar-refractivity contribution >= 4 is 21.8 Å². The van der Waals surface area contributed by atoms with Crippen molar-refractivity contribution in [2.24, 2.45) is 0 Å². The van der Waals surface area contributed by atoms with Crippen LogP contribution >= 0.6 is 11.8 Å². The highest BCUT2D eigenvalue weighted by atomic mass is 32.2. The first-order valence-corrected chi connectivity index (χ1v) is 8.45. The topological polar surface area (TPSA) is 70.5 Å². The van der Waals surface area contributed by atoms with E-state index >= 15 is 0 Å². The van der Waals surface area contributed by atoms with Gasteiger partial charge in [0.25, 0.3) is 0 Å². The molecule has 112 valence electrons. The van der Waals surface area contributed by atoms with Gasteiger partial charge in [-0.2, -0.15) is 0 Å². The largest absolute Gasteiger partial charge is 0.392 e. The summed E-state index contributed by atoms with van der Waals surface area (Å²) in [7, 11) is -0.468. The van der Waals surface area contributed by atoms with Gasteiger partial charge in [-0.05, 0) is 29.8 Å². The van der Waals surface area contributed by atoms with Crippen molar-refractivity contribution in [2.45, 2.75) is 21.4 Å². The van der Waals surface area contributed by atoms with Crippen molar-refractivity contribution in [3.8, 4) is 0 Å². The monoisotopic (exact) mass is 324 g/mol. The Morgan fingerprint density at radius 3 is 2.29 bits per heavy atom. The number of sulfonamides is 1. The molecule has 0 amide bonds. The summed E-state index contributed by atoms with van der Waals surface area (Å²) in [4.78, 5) is 5.32. The molecule has 2 aromatic rings. The number of aromatic nitrogens is 1. The molecular weight excluding hydrogens is 308 g/mol. The summed E-state index contributed by atoms with van der Waals surface area (Å²) in [5.41, 5.74) is 0.847. The summed E-state index contributed by atoms with van der Waals surface area (Å²) in [6, 6.07) is 10.7. The summed E-state index contributed by atoms with van der Waals surface area (Å²) >= 11 is 1.43. The Morgan fingerprint density at radius 1 is 1.14 bits per heavy atom. The van der Waals surface area contributed by atoms with E-state index in [0.717, 1.165) is 14.8 Å². The lowest BCUT2D eigenvalue weighted by molar-refractivity contribution is 0.282. The molecule has 0 aliphatic carbocycles. The predicted molar refractivity (Wildman–Crippen MR) is 81.6 cm³/mol. The van der Waals surface area contributed by atoms with Crippen LogP contribution in [0.15, 0.2) is 57.4 Å². The highest BCUT2D eigenvalue weighted by molar-refractivity contribution is 7.99. The number of nitrogens with zero attached hydrogens (tertiary/aromatic N) is 2. The summed E-state index contributed by atoms with van der Waals surface area (Å²) < 4.78 is 25.0. The van der Waals surface area contributed by atoms with Crippen LogP contribution in [0.5, 0.6) is 0 Å². The zero-order valence-electron chi connectivity index (χ0n) is 11.7. The van der Waals surface area contributed by atoms with Gasteiger partial charge >= 0.3 is 0 Å². The third kappa shape index (κ3) is 3.82. The molecule has 0 atom stereocenters. The Morgan fingerprint density at radius 2 is 1.81 bits per heavy atom. The summed E-state index contributed by atoms with van der Waals surface area (Å²) in [5.74, 6) is 0. The molecular formula is C14H16N2O3S2. The van der Waals surface area contributed by atoms with Crippen LogP contribution in [-0.2, 0) is 16.6 Å². The summed E-state index contributed by atoms with van der Waals surface area (Å²) in [6.07, 6.45) is 1.36. The van der Waals surface area contributed by atoms with Crippen LogP contribution < -0.4 is 0 Å². The lowest BCUT2D eigenvalue weighted by Crippen LogP contribution is -2.22. The second kappa shape index (κ2) is 6.57. The van der Waals surface area contributed by atoms with Crippen molar-refractivity contribution < 1.29 is 13.5 Å². The number of aliphatic hydroxyl groups is 1. The van der Waals surface area contributed by atoms with Gasteiger partial charge < -0.3 is 5.11 Å². The van der Waals surface area contributed by atoms with E-state index in [-0.39, 0.29) is 11.5 Å². The van der Waals surface area contributed by atoms with Crippen LogP contribution in [0.3, 0.4) is 0 Å². The molecule has 7 heteroatoms. The molecule has 0 aliphatic heterocycles. The standard InChI is InChI=1S/C14H16N2O3S2/c1-16(2)21(18,19)13-7-8-14(15-9-13)20-12-5-3-11(10-17)4-6-12/h3-9,17H,10H2,1-2H3. The van der Waals surface area contributed by atoms with Gasteiger partial charge in [-0.25, -0.2) is 17.7 Å². The fraction of sp³-hybridized carbons (Fsp3) is 0.214. The molecule has 1 aromatic carbocycles. The fourth-order valence-corrected chi connectivity index (χ4v) is 3.18. The number of hydrogen-bond acceptors (Lipinski definition) is 5. The minimum absolute atomic E-state index is 0.0142. The Balaban J connectivity index is 2.15. The Hall–Kier alpha value is -1.41. The first kappa shape index (κ1) is 16.0. The number of rotatable bonds is 5. The van der Waals surface area contributed by atoms with Crippen LogP contribution in [0.1, 0.15) is 5.56 Å². The van der Waals surface area contributed by atoms with E-state index < -0.39 is 10.0 Å². The predicted octanol–water partition coefficient (Wildman–Crippen LogP) is 1.98. The Labute approximate surface area is 128 Å². The first-order valence-electron chi connectivity index (χ1n) is 6.20. The molecule has 1 heterocycles. The smallest absolute Gasteiger partial charge is 0.244 e. The van der Waals surface area contributed by atoms with Crippen molar-refractivity contribution in [1.82, 2.24) is 9.29 Å². The lowest BCUT2D eigenvalue weighted by Gasteiger charge is -2.11. The Bertz CT molecular complexity index is 696. The van der Waals surface area contributed by atoms with E-state index in [2.05, 4.69) is 4.98 Å². The average molecular weight is 324 g/mol.